The first-order chi connectivity index (χ1) is 6.70. The van der Waals surface area contributed by atoms with Crippen LogP contribution in [-0.4, -0.2) is 14.8 Å². The first-order valence-electron chi connectivity index (χ1n) is 4.66. The second-order valence-electron chi connectivity index (χ2n) is 3.28. The van der Waals surface area contributed by atoms with Gasteiger partial charge in [0, 0.05) is 19.7 Å². The molecule has 0 bridgehead atoms. The Hall–Kier alpha value is -1.58. The lowest BCUT2D eigenvalue weighted by molar-refractivity contribution is 0.522. The highest BCUT2D eigenvalue weighted by Gasteiger charge is 2.10. The quantitative estimate of drug-likeness (QED) is 0.728. The normalized spacial score (nSPS) is 10.8. The van der Waals surface area contributed by atoms with Crippen molar-refractivity contribution in [1.29, 1.82) is 0 Å². The van der Waals surface area contributed by atoms with Crippen LogP contribution in [0.3, 0.4) is 0 Å². The van der Waals surface area contributed by atoms with Crippen LogP contribution in [0.4, 0.5) is 0 Å². The monoisotopic (exact) mass is 191 g/mol. The molecule has 0 saturated heterocycles. The Bertz CT molecular complexity index is 442. The van der Waals surface area contributed by atoms with Gasteiger partial charge in [0.2, 0.25) is 5.89 Å². The third-order valence-corrected chi connectivity index (χ3v) is 2.17. The van der Waals surface area contributed by atoms with Gasteiger partial charge in [0.05, 0.1) is 17.5 Å². The van der Waals surface area contributed by atoms with Gasteiger partial charge in [0.25, 0.3) is 0 Å². The second-order valence-corrected chi connectivity index (χ2v) is 3.28. The van der Waals surface area contributed by atoms with Crippen LogP contribution in [0.25, 0.3) is 11.5 Å². The van der Waals surface area contributed by atoms with Gasteiger partial charge in [-0.25, -0.2) is 4.98 Å². The maximum Gasteiger partial charge on any atom is 0.229 e. The van der Waals surface area contributed by atoms with E-state index in [4.69, 9.17) is 4.42 Å². The van der Waals surface area contributed by atoms with E-state index < -0.39 is 0 Å². The summed E-state index contributed by atoms with van der Waals surface area (Å²) in [4.78, 5) is 4.35. The number of hydrogen-bond donors (Lipinski definition) is 0. The minimum Gasteiger partial charge on any atom is -0.441 e. The molecule has 0 aliphatic heterocycles. The summed E-state index contributed by atoms with van der Waals surface area (Å²) in [6.07, 6.45) is 4.52. The van der Waals surface area contributed by atoms with Crippen molar-refractivity contribution in [1.82, 2.24) is 14.8 Å². The molecule has 0 atom stereocenters. The average molecular weight is 191 g/mol. The van der Waals surface area contributed by atoms with Crippen molar-refractivity contribution in [3.63, 3.8) is 0 Å². The van der Waals surface area contributed by atoms with E-state index in [9.17, 15) is 0 Å². The summed E-state index contributed by atoms with van der Waals surface area (Å²) in [5.41, 5.74) is 1.89. The van der Waals surface area contributed by atoms with E-state index in [2.05, 4.69) is 17.0 Å². The Morgan fingerprint density at radius 2 is 2.29 bits per heavy atom. The molecule has 0 fully saturated rings. The lowest BCUT2D eigenvalue weighted by atomic mass is 10.3. The molecule has 2 aromatic heterocycles. The van der Waals surface area contributed by atoms with Crippen molar-refractivity contribution < 1.29 is 4.42 Å². The molecule has 2 heterocycles. The zero-order chi connectivity index (χ0) is 10.1. The Morgan fingerprint density at radius 3 is 2.79 bits per heavy atom. The van der Waals surface area contributed by atoms with Crippen molar-refractivity contribution >= 4 is 0 Å². The third kappa shape index (κ3) is 1.43. The van der Waals surface area contributed by atoms with Crippen LogP contribution in [0.5, 0.6) is 0 Å². The molecule has 0 N–H and O–H groups in total. The number of oxazole rings is 1. The zero-order valence-electron chi connectivity index (χ0n) is 8.61. The fourth-order valence-electron chi connectivity index (χ4n) is 1.41. The third-order valence-electron chi connectivity index (χ3n) is 2.17. The summed E-state index contributed by atoms with van der Waals surface area (Å²) >= 11 is 0. The molecular formula is C10H13N3O. The van der Waals surface area contributed by atoms with Gasteiger partial charge in [-0.1, -0.05) is 6.92 Å². The number of rotatable bonds is 2. The van der Waals surface area contributed by atoms with E-state index in [1.807, 2.05) is 20.2 Å². The highest BCUT2D eigenvalue weighted by atomic mass is 16.4. The lowest BCUT2D eigenvalue weighted by Crippen LogP contribution is -1.84. The van der Waals surface area contributed by atoms with Crippen LogP contribution >= 0.6 is 0 Å². The van der Waals surface area contributed by atoms with Gasteiger partial charge in [-0.2, -0.15) is 5.10 Å². The molecule has 0 amide bonds. The predicted octanol–water partition coefficient (Wildman–Crippen LogP) is 1.95. The van der Waals surface area contributed by atoms with Crippen LogP contribution in [0.1, 0.15) is 18.4 Å². The van der Waals surface area contributed by atoms with Gasteiger partial charge < -0.3 is 4.42 Å². The molecule has 14 heavy (non-hydrogen) atoms. The fourth-order valence-corrected chi connectivity index (χ4v) is 1.41. The summed E-state index contributed by atoms with van der Waals surface area (Å²) in [7, 11) is 1.88. The molecule has 2 aromatic rings. The average Bonchev–Trinajstić information content (AvgIpc) is 2.71. The Balaban J connectivity index is 2.42. The predicted molar refractivity (Wildman–Crippen MR) is 52.8 cm³/mol. The summed E-state index contributed by atoms with van der Waals surface area (Å²) in [5.74, 6) is 1.61. The van der Waals surface area contributed by atoms with Gasteiger partial charge in [-0.05, 0) is 6.92 Å². The van der Waals surface area contributed by atoms with Crippen molar-refractivity contribution in [3.05, 3.63) is 23.8 Å². The molecule has 0 saturated carbocycles. The van der Waals surface area contributed by atoms with E-state index in [0.717, 1.165) is 23.4 Å². The highest BCUT2D eigenvalue weighted by Crippen LogP contribution is 2.21. The highest BCUT2D eigenvalue weighted by molar-refractivity contribution is 5.50. The van der Waals surface area contributed by atoms with Gasteiger partial charge in [-0.3, -0.25) is 4.68 Å². The smallest absolute Gasteiger partial charge is 0.229 e. The van der Waals surface area contributed by atoms with Crippen LogP contribution in [0.15, 0.2) is 16.8 Å². The first kappa shape index (κ1) is 8.99. The molecule has 2 rings (SSSR count). The van der Waals surface area contributed by atoms with Gasteiger partial charge in [0.1, 0.15) is 5.76 Å². The summed E-state index contributed by atoms with van der Waals surface area (Å²) in [5, 5.41) is 4.07. The molecule has 0 unspecified atom stereocenters. The van der Waals surface area contributed by atoms with Crippen LogP contribution < -0.4 is 0 Å². The Morgan fingerprint density at radius 1 is 1.50 bits per heavy atom. The largest absolute Gasteiger partial charge is 0.441 e. The summed E-state index contributed by atoms with van der Waals surface area (Å²) in [6.45, 7) is 4.02. The van der Waals surface area contributed by atoms with E-state index in [1.165, 1.54) is 0 Å². The van der Waals surface area contributed by atoms with Gasteiger partial charge in [-0.15, -0.1) is 0 Å². The molecule has 0 aromatic carbocycles. The van der Waals surface area contributed by atoms with Gasteiger partial charge >= 0.3 is 0 Å². The summed E-state index contributed by atoms with van der Waals surface area (Å²) < 4.78 is 7.34. The minimum atomic E-state index is 0.660. The molecule has 4 heteroatoms. The maximum atomic E-state index is 5.60. The van der Waals surface area contributed by atoms with Crippen molar-refractivity contribution in [2.75, 3.05) is 0 Å². The molecule has 4 nitrogen and oxygen atoms in total. The number of aryl methyl sites for hydroxylation is 3. The maximum absolute atomic E-state index is 5.60. The topological polar surface area (TPSA) is 43.9 Å². The SMILES string of the molecule is CCc1oc(-c2cnn(C)c2)nc1C. The molecule has 0 spiro atoms. The second kappa shape index (κ2) is 3.29. The van der Waals surface area contributed by atoms with Crippen LogP contribution in [-0.2, 0) is 13.5 Å². The molecule has 0 aliphatic rings. The Labute approximate surface area is 82.6 Å². The Kier molecular flexibility index (Phi) is 2.11. The van der Waals surface area contributed by atoms with E-state index in [1.54, 1.807) is 10.9 Å². The molecule has 0 radical (unpaired) electrons. The van der Waals surface area contributed by atoms with Crippen LogP contribution in [0.2, 0.25) is 0 Å². The fraction of sp³-hybridized carbons (Fsp3) is 0.400. The number of nitrogens with zero attached hydrogens (tertiary/aromatic N) is 3. The number of hydrogen-bond acceptors (Lipinski definition) is 3. The van der Waals surface area contributed by atoms with E-state index in [-0.39, 0.29) is 0 Å². The van der Waals surface area contributed by atoms with Gasteiger partial charge in [0.15, 0.2) is 0 Å². The van der Waals surface area contributed by atoms with E-state index >= 15 is 0 Å². The standard InChI is InChI=1S/C10H13N3O/c1-4-9-7(2)12-10(14-9)8-5-11-13(3)6-8/h5-6H,4H2,1-3H3. The lowest BCUT2D eigenvalue weighted by Gasteiger charge is -1.87. The van der Waals surface area contributed by atoms with Crippen molar-refractivity contribution in [3.8, 4) is 11.5 Å². The minimum absolute atomic E-state index is 0.660. The van der Waals surface area contributed by atoms with Crippen molar-refractivity contribution in [2.45, 2.75) is 20.3 Å². The first-order valence-corrected chi connectivity index (χ1v) is 4.66. The number of aromatic nitrogens is 3. The molecule has 74 valence electrons. The van der Waals surface area contributed by atoms with Crippen molar-refractivity contribution in [2.24, 2.45) is 7.05 Å². The molecular weight excluding hydrogens is 178 g/mol. The summed E-state index contributed by atoms with van der Waals surface area (Å²) in [6, 6.07) is 0. The zero-order valence-corrected chi connectivity index (χ0v) is 8.61. The van der Waals surface area contributed by atoms with E-state index in [0.29, 0.717) is 5.89 Å². The van der Waals surface area contributed by atoms with Crippen LogP contribution in [0, 0.1) is 6.92 Å². The molecule has 0 aliphatic carbocycles.